The highest BCUT2D eigenvalue weighted by molar-refractivity contribution is 6.07. The zero-order valence-corrected chi connectivity index (χ0v) is 15.0. The van der Waals surface area contributed by atoms with E-state index in [0.29, 0.717) is 11.3 Å². The number of hydrogen-bond acceptors (Lipinski definition) is 2. The van der Waals surface area contributed by atoms with E-state index in [4.69, 9.17) is 4.42 Å². The minimum Gasteiger partial charge on any atom is -0.451 e. The van der Waals surface area contributed by atoms with Gasteiger partial charge in [-0.1, -0.05) is 67.3 Å². The number of amides is 1. The second kappa shape index (κ2) is 6.96. The molecule has 0 radical (unpaired) electrons. The highest BCUT2D eigenvalue weighted by Crippen LogP contribution is 2.30. The molecule has 0 saturated heterocycles. The Hall–Kier alpha value is -3.59. The molecule has 0 spiro atoms. The molecule has 3 heteroatoms. The number of carbonyl (C=O) groups excluding carboxylic acids is 1. The first kappa shape index (κ1) is 16.9. The van der Waals surface area contributed by atoms with Crippen LogP contribution < -0.4 is 5.32 Å². The normalized spacial score (nSPS) is 10.7. The van der Waals surface area contributed by atoms with E-state index in [1.807, 2.05) is 67.6 Å². The smallest absolute Gasteiger partial charge is 0.291 e. The van der Waals surface area contributed by atoms with Crippen molar-refractivity contribution >= 4 is 28.6 Å². The van der Waals surface area contributed by atoms with E-state index in [0.717, 1.165) is 33.3 Å². The summed E-state index contributed by atoms with van der Waals surface area (Å²) >= 11 is 0. The maximum absolute atomic E-state index is 12.7. The molecular weight excluding hydrogens is 334 g/mol. The molecule has 0 aliphatic heterocycles. The molecule has 3 nitrogen and oxygen atoms in total. The fraction of sp³-hybridized carbons (Fsp3) is 0.0417. The lowest BCUT2D eigenvalue weighted by Crippen LogP contribution is -2.12. The first-order valence-electron chi connectivity index (χ1n) is 8.79. The molecule has 0 aliphatic rings. The maximum Gasteiger partial charge on any atom is 0.291 e. The number of nitrogens with one attached hydrogen (secondary N) is 1. The summed E-state index contributed by atoms with van der Waals surface area (Å²) in [5, 5.41) is 3.85. The highest BCUT2D eigenvalue weighted by Gasteiger charge is 2.19. The fourth-order valence-electron chi connectivity index (χ4n) is 3.29. The molecule has 132 valence electrons. The zero-order chi connectivity index (χ0) is 18.8. The molecule has 1 N–H and O–H groups in total. The first-order valence-corrected chi connectivity index (χ1v) is 8.79. The van der Waals surface area contributed by atoms with Crippen LogP contribution in [-0.4, -0.2) is 5.91 Å². The average molecular weight is 353 g/mol. The van der Waals surface area contributed by atoms with Crippen molar-refractivity contribution in [3.8, 4) is 11.1 Å². The van der Waals surface area contributed by atoms with Crippen LogP contribution >= 0.6 is 0 Å². The number of furan rings is 1. The third-order valence-corrected chi connectivity index (χ3v) is 4.66. The van der Waals surface area contributed by atoms with Crippen LogP contribution in [0.15, 0.2) is 83.8 Å². The van der Waals surface area contributed by atoms with Crippen molar-refractivity contribution in [3.63, 3.8) is 0 Å². The van der Waals surface area contributed by atoms with Crippen LogP contribution in [0, 0.1) is 6.92 Å². The van der Waals surface area contributed by atoms with Crippen molar-refractivity contribution in [2.45, 2.75) is 6.92 Å². The molecule has 0 saturated carbocycles. The number of carbonyl (C=O) groups is 1. The molecular formula is C24H19NO2. The van der Waals surface area contributed by atoms with Crippen LogP contribution in [0.3, 0.4) is 0 Å². The number of benzene rings is 3. The van der Waals surface area contributed by atoms with E-state index in [1.165, 1.54) is 0 Å². The summed E-state index contributed by atoms with van der Waals surface area (Å²) < 4.78 is 5.81. The largest absolute Gasteiger partial charge is 0.451 e. The van der Waals surface area contributed by atoms with Crippen LogP contribution in [0.2, 0.25) is 0 Å². The SMILES string of the molecule is C=Cc1cccc2oc(C(=O)Nc3ccc(-c4ccccc4)cc3)c(C)c12. The lowest BCUT2D eigenvalue weighted by Gasteiger charge is -2.06. The quantitative estimate of drug-likeness (QED) is 0.467. The number of hydrogen-bond donors (Lipinski definition) is 1. The van der Waals surface area contributed by atoms with Gasteiger partial charge in [-0.05, 0) is 41.8 Å². The maximum atomic E-state index is 12.7. The molecule has 27 heavy (non-hydrogen) atoms. The Bertz CT molecular complexity index is 1120. The standard InChI is InChI=1S/C24H19NO2/c1-3-17-10-7-11-21-22(17)16(2)23(27-21)24(26)25-20-14-12-19(13-15-20)18-8-5-4-6-9-18/h3-15H,1H2,2H3,(H,25,26). The Balaban J connectivity index is 1.60. The van der Waals surface area contributed by atoms with E-state index < -0.39 is 0 Å². The monoisotopic (exact) mass is 353 g/mol. The lowest BCUT2D eigenvalue weighted by molar-refractivity contribution is 0.0998. The van der Waals surface area contributed by atoms with Crippen molar-refractivity contribution in [3.05, 3.63) is 96.3 Å². The molecule has 0 atom stereocenters. The number of aryl methyl sites for hydroxylation is 1. The predicted octanol–water partition coefficient (Wildman–Crippen LogP) is 6.30. The van der Waals surface area contributed by atoms with Gasteiger partial charge in [0.1, 0.15) is 5.58 Å². The van der Waals surface area contributed by atoms with E-state index in [9.17, 15) is 4.79 Å². The predicted molar refractivity (Wildman–Crippen MR) is 111 cm³/mol. The van der Waals surface area contributed by atoms with Crippen LogP contribution in [-0.2, 0) is 0 Å². The van der Waals surface area contributed by atoms with E-state index in [-0.39, 0.29) is 5.91 Å². The molecule has 1 heterocycles. The van der Waals surface area contributed by atoms with Crippen LogP contribution in [0.1, 0.15) is 21.7 Å². The van der Waals surface area contributed by atoms with E-state index in [1.54, 1.807) is 6.08 Å². The average Bonchev–Trinajstić information content (AvgIpc) is 3.06. The Morgan fingerprint density at radius 1 is 0.926 bits per heavy atom. The van der Waals surface area contributed by atoms with Crippen molar-refractivity contribution < 1.29 is 9.21 Å². The molecule has 4 aromatic rings. The van der Waals surface area contributed by atoms with Gasteiger partial charge in [0.05, 0.1) is 0 Å². The van der Waals surface area contributed by atoms with Gasteiger partial charge >= 0.3 is 0 Å². The summed E-state index contributed by atoms with van der Waals surface area (Å²) in [7, 11) is 0. The van der Waals surface area contributed by atoms with Gasteiger partial charge in [-0.15, -0.1) is 0 Å². The Labute approximate surface area is 158 Å². The first-order chi connectivity index (χ1) is 13.2. The molecule has 0 unspecified atom stereocenters. The molecule has 0 fully saturated rings. The topological polar surface area (TPSA) is 42.2 Å². The summed E-state index contributed by atoms with van der Waals surface area (Å²) in [5.41, 5.74) is 5.43. The second-order valence-corrected chi connectivity index (χ2v) is 6.38. The molecule has 1 amide bonds. The Kier molecular flexibility index (Phi) is 4.35. The highest BCUT2D eigenvalue weighted by atomic mass is 16.3. The summed E-state index contributed by atoms with van der Waals surface area (Å²) in [4.78, 5) is 12.7. The fourth-order valence-corrected chi connectivity index (χ4v) is 3.29. The van der Waals surface area contributed by atoms with Gasteiger partial charge in [-0.3, -0.25) is 4.79 Å². The minimum atomic E-state index is -0.258. The Morgan fingerprint density at radius 3 is 2.33 bits per heavy atom. The van der Waals surface area contributed by atoms with Gasteiger partial charge in [-0.25, -0.2) is 0 Å². The number of fused-ring (bicyclic) bond motifs is 1. The summed E-state index contributed by atoms with van der Waals surface area (Å²) in [6, 6.07) is 23.6. The summed E-state index contributed by atoms with van der Waals surface area (Å²) in [6.45, 7) is 5.73. The third kappa shape index (κ3) is 3.15. The van der Waals surface area contributed by atoms with E-state index >= 15 is 0 Å². The molecule has 4 rings (SSSR count). The molecule has 3 aromatic carbocycles. The van der Waals surface area contributed by atoms with Gasteiger partial charge in [-0.2, -0.15) is 0 Å². The van der Waals surface area contributed by atoms with Gasteiger partial charge in [0.2, 0.25) is 0 Å². The van der Waals surface area contributed by atoms with Gasteiger partial charge in [0, 0.05) is 16.6 Å². The number of anilines is 1. The van der Waals surface area contributed by atoms with Gasteiger partial charge in [0.25, 0.3) is 5.91 Å². The van der Waals surface area contributed by atoms with Crippen LogP contribution in [0.4, 0.5) is 5.69 Å². The van der Waals surface area contributed by atoms with Crippen LogP contribution in [0.5, 0.6) is 0 Å². The van der Waals surface area contributed by atoms with Gasteiger partial charge < -0.3 is 9.73 Å². The van der Waals surface area contributed by atoms with Crippen molar-refractivity contribution in [1.82, 2.24) is 0 Å². The summed E-state index contributed by atoms with van der Waals surface area (Å²) in [6.07, 6.45) is 1.77. The number of rotatable bonds is 4. The molecule has 0 bridgehead atoms. The summed E-state index contributed by atoms with van der Waals surface area (Å²) in [5.74, 6) is 0.0672. The second-order valence-electron chi connectivity index (χ2n) is 6.38. The Morgan fingerprint density at radius 2 is 1.63 bits per heavy atom. The minimum absolute atomic E-state index is 0.258. The van der Waals surface area contributed by atoms with E-state index in [2.05, 4.69) is 24.0 Å². The van der Waals surface area contributed by atoms with Crippen LogP contribution in [0.25, 0.3) is 28.2 Å². The zero-order valence-electron chi connectivity index (χ0n) is 15.0. The van der Waals surface area contributed by atoms with Crippen molar-refractivity contribution in [2.24, 2.45) is 0 Å². The molecule has 1 aromatic heterocycles. The van der Waals surface area contributed by atoms with Gasteiger partial charge in [0.15, 0.2) is 5.76 Å². The van der Waals surface area contributed by atoms with Crippen molar-refractivity contribution in [1.29, 1.82) is 0 Å². The molecule has 0 aliphatic carbocycles. The lowest BCUT2D eigenvalue weighted by atomic mass is 10.0. The van der Waals surface area contributed by atoms with Crippen molar-refractivity contribution in [2.75, 3.05) is 5.32 Å². The third-order valence-electron chi connectivity index (χ3n) is 4.66.